The van der Waals surface area contributed by atoms with Gasteiger partial charge in [0.15, 0.2) is 11.3 Å². The van der Waals surface area contributed by atoms with E-state index in [0.717, 1.165) is 6.42 Å². The van der Waals surface area contributed by atoms with Crippen LogP contribution in [0.15, 0.2) is 54.6 Å². The average Bonchev–Trinajstić information content (AvgIpc) is 3.45. The molecule has 0 N–H and O–H groups in total. The van der Waals surface area contributed by atoms with Crippen molar-refractivity contribution in [1.29, 1.82) is 0 Å². The molecule has 1 aromatic carbocycles. The summed E-state index contributed by atoms with van der Waals surface area (Å²) in [4.78, 5) is 26.6. The van der Waals surface area contributed by atoms with E-state index < -0.39 is 5.76 Å². The van der Waals surface area contributed by atoms with Gasteiger partial charge in [-0.2, -0.15) is 0 Å². The van der Waals surface area contributed by atoms with Gasteiger partial charge in [-0.05, 0) is 30.7 Å². The molecule has 0 radical (unpaired) electrons. The first-order chi connectivity index (χ1) is 14.5. The van der Waals surface area contributed by atoms with E-state index >= 15 is 0 Å². The zero-order valence-electron chi connectivity index (χ0n) is 16.2. The Balaban J connectivity index is 1.45. The number of rotatable bonds is 8. The van der Waals surface area contributed by atoms with Crippen molar-refractivity contribution >= 4 is 28.6 Å². The molecule has 3 aromatic heterocycles. The van der Waals surface area contributed by atoms with Crippen molar-refractivity contribution in [2.45, 2.75) is 32.9 Å². The van der Waals surface area contributed by atoms with Gasteiger partial charge in [0.25, 0.3) is 5.89 Å². The number of furan rings is 1. The number of halogens is 1. The van der Waals surface area contributed by atoms with E-state index in [2.05, 4.69) is 10.2 Å². The van der Waals surface area contributed by atoms with Gasteiger partial charge < -0.3 is 18.2 Å². The Morgan fingerprint density at radius 1 is 1.23 bits per heavy atom. The second kappa shape index (κ2) is 8.58. The lowest BCUT2D eigenvalue weighted by atomic mass is 10.3. The van der Waals surface area contributed by atoms with E-state index in [1.165, 1.54) is 10.8 Å². The van der Waals surface area contributed by atoms with E-state index in [-0.39, 0.29) is 31.3 Å². The van der Waals surface area contributed by atoms with Crippen LogP contribution in [0.5, 0.6) is 0 Å². The number of hydrogen-bond acceptors (Lipinski definition) is 7. The quantitative estimate of drug-likeness (QED) is 0.419. The van der Waals surface area contributed by atoms with Crippen LogP contribution in [0.2, 0.25) is 5.02 Å². The molecule has 4 rings (SSSR count). The second-order valence-corrected chi connectivity index (χ2v) is 7.11. The summed E-state index contributed by atoms with van der Waals surface area (Å²) in [6, 6.07) is 8.39. The minimum Gasteiger partial charge on any atom is -0.459 e. The summed E-state index contributed by atoms with van der Waals surface area (Å²) in [5, 5.41) is 8.42. The van der Waals surface area contributed by atoms with Gasteiger partial charge in [0, 0.05) is 30.6 Å². The Hall–Kier alpha value is -3.33. The largest absolute Gasteiger partial charge is 0.459 e. The third kappa shape index (κ3) is 4.16. The van der Waals surface area contributed by atoms with Gasteiger partial charge in [-0.1, -0.05) is 18.5 Å². The molecule has 9 nitrogen and oxygen atoms in total. The summed E-state index contributed by atoms with van der Waals surface area (Å²) in [5.41, 5.74) is 0.987. The number of benzene rings is 1. The highest BCUT2D eigenvalue weighted by Crippen LogP contribution is 2.20. The number of aryl methyl sites for hydroxylation is 1. The molecule has 3 heterocycles. The maximum absolute atomic E-state index is 12.8. The van der Waals surface area contributed by atoms with Crippen molar-refractivity contribution in [1.82, 2.24) is 19.7 Å². The van der Waals surface area contributed by atoms with Gasteiger partial charge in [0.2, 0.25) is 11.8 Å². The smallest absolute Gasteiger partial charge is 0.419 e. The summed E-state index contributed by atoms with van der Waals surface area (Å²) in [6.07, 6.45) is 2.40. The van der Waals surface area contributed by atoms with Gasteiger partial charge in [-0.3, -0.25) is 9.36 Å². The number of carbonyl (C=O) groups is 1. The molecule has 0 aliphatic heterocycles. The fraction of sp³-hybridized carbons (Fsp3) is 0.300. The van der Waals surface area contributed by atoms with Crippen molar-refractivity contribution in [3.63, 3.8) is 0 Å². The lowest BCUT2D eigenvalue weighted by molar-refractivity contribution is -0.132. The number of oxazole rings is 1. The third-order valence-electron chi connectivity index (χ3n) is 4.55. The number of carbonyl (C=O) groups excluding carboxylic acids is 1. The molecule has 0 atom stereocenters. The highest BCUT2D eigenvalue weighted by atomic mass is 35.5. The topological polar surface area (TPSA) is 108 Å². The number of nitrogens with zero attached hydrogens (tertiary/aromatic N) is 4. The molecule has 0 bridgehead atoms. The summed E-state index contributed by atoms with van der Waals surface area (Å²) in [7, 11) is 0. The molecule has 0 aliphatic carbocycles. The molecule has 156 valence electrons. The molecule has 0 saturated heterocycles. The van der Waals surface area contributed by atoms with Crippen LogP contribution >= 0.6 is 11.6 Å². The molecular weight excluding hydrogens is 412 g/mol. The first-order valence-corrected chi connectivity index (χ1v) is 9.86. The van der Waals surface area contributed by atoms with Crippen LogP contribution in [0.4, 0.5) is 0 Å². The lowest BCUT2D eigenvalue weighted by Gasteiger charge is -2.20. The molecular formula is C20H19ClN4O5. The third-order valence-corrected chi connectivity index (χ3v) is 4.79. The van der Waals surface area contributed by atoms with Crippen molar-refractivity contribution in [2.75, 3.05) is 6.54 Å². The predicted molar refractivity (Wildman–Crippen MR) is 108 cm³/mol. The highest BCUT2D eigenvalue weighted by molar-refractivity contribution is 6.31. The molecule has 0 saturated carbocycles. The van der Waals surface area contributed by atoms with Gasteiger partial charge in [0.05, 0.1) is 18.3 Å². The molecule has 30 heavy (non-hydrogen) atoms. The maximum Gasteiger partial charge on any atom is 0.419 e. The Morgan fingerprint density at radius 3 is 2.87 bits per heavy atom. The Bertz CT molecular complexity index is 1210. The Kier molecular flexibility index (Phi) is 5.71. The van der Waals surface area contributed by atoms with Crippen LogP contribution in [-0.4, -0.2) is 32.1 Å². The molecule has 0 spiro atoms. The number of hydrogen-bond donors (Lipinski definition) is 0. The van der Waals surface area contributed by atoms with E-state index in [1.54, 1.807) is 35.2 Å². The van der Waals surface area contributed by atoms with Gasteiger partial charge >= 0.3 is 5.76 Å². The van der Waals surface area contributed by atoms with Crippen molar-refractivity contribution in [2.24, 2.45) is 0 Å². The van der Waals surface area contributed by atoms with E-state index in [4.69, 9.17) is 24.9 Å². The number of aromatic nitrogens is 3. The number of amides is 1. The van der Waals surface area contributed by atoms with Gasteiger partial charge in [0.1, 0.15) is 0 Å². The van der Waals surface area contributed by atoms with E-state index in [1.807, 2.05) is 6.92 Å². The van der Waals surface area contributed by atoms with Crippen LogP contribution in [0.1, 0.15) is 25.7 Å². The Labute approximate surface area is 175 Å². The molecule has 4 aromatic rings. The normalized spacial score (nSPS) is 11.3. The zero-order chi connectivity index (χ0) is 21.1. The van der Waals surface area contributed by atoms with Gasteiger partial charge in [-0.15, -0.1) is 10.2 Å². The average molecular weight is 431 g/mol. The first kappa shape index (κ1) is 20.0. The van der Waals surface area contributed by atoms with Crippen LogP contribution < -0.4 is 5.76 Å². The van der Waals surface area contributed by atoms with Crippen LogP contribution in [0.3, 0.4) is 0 Å². The standard InChI is InChI=1S/C20H19ClN4O5/c1-2-8-24(12-17-22-23-19(30-17)15-4-3-10-28-15)18(26)7-9-25-14-6-5-13(21)11-16(14)29-20(25)27/h3-6,10-11H,2,7-9,12H2,1H3. The monoisotopic (exact) mass is 430 g/mol. The fourth-order valence-corrected chi connectivity index (χ4v) is 3.32. The Morgan fingerprint density at radius 2 is 2.10 bits per heavy atom. The lowest BCUT2D eigenvalue weighted by Crippen LogP contribution is -2.32. The SMILES string of the molecule is CCCN(Cc1nnc(-c2ccco2)o1)C(=O)CCn1c(=O)oc2cc(Cl)ccc21. The van der Waals surface area contributed by atoms with Crippen LogP contribution in [0.25, 0.3) is 22.8 Å². The number of fused-ring (bicyclic) bond motifs is 1. The van der Waals surface area contributed by atoms with E-state index in [0.29, 0.717) is 34.3 Å². The van der Waals surface area contributed by atoms with Crippen molar-refractivity contribution in [3.05, 3.63) is 58.1 Å². The molecule has 10 heteroatoms. The van der Waals surface area contributed by atoms with E-state index in [9.17, 15) is 9.59 Å². The van der Waals surface area contributed by atoms with Crippen molar-refractivity contribution < 1.29 is 18.0 Å². The van der Waals surface area contributed by atoms with Gasteiger partial charge in [-0.25, -0.2) is 4.79 Å². The van der Waals surface area contributed by atoms with Crippen LogP contribution in [0, 0.1) is 0 Å². The van der Waals surface area contributed by atoms with Crippen molar-refractivity contribution in [3.8, 4) is 11.7 Å². The molecule has 0 aliphatic rings. The molecule has 0 fully saturated rings. The first-order valence-electron chi connectivity index (χ1n) is 9.48. The minimum atomic E-state index is -0.526. The zero-order valence-corrected chi connectivity index (χ0v) is 17.0. The summed E-state index contributed by atoms with van der Waals surface area (Å²) < 4.78 is 17.5. The minimum absolute atomic E-state index is 0.121. The summed E-state index contributed by atoms with van der Waals surface area (Å²) in [5.74, 6) is 0.373. The second-order valence-electron chi connectivity index (χ2n) is 6.68. The highest BCUT2D eigenvalue weighted by Gasteiger charge is 2.19. The predicted octanol–water partition coefficient (Wildman–Crippen LogP) is 3.72. The summed E-state index contributed by atoms with van der Waals surface area (Å²) >= 11 is 5.94. The molecule has 1 amide bonds. The van der Waals surface area contributed by atoms with Crippen LogP contribution in [-0.2, 0) is 17.9 Å². The summed E-state index contributed by atoms with van der Waals surface area (Å²) in [6.45, 7) is 2.86. The molecule has 0 unspecified atom stereocenters. The fourth-order valence-electron chi connectivity index (χ4n) is 3.16. The maximum atomic E-state index is 12.8.